The lowest BCUT2D eigenvalue weighted by atomic mass is 10.1. The van der Waals surface area contributed by atoms with E-state index in [2.05, 4.69) is 5.32 Å². The van der Waals surface area contributed by atoms with Crippen LogP contribution in [-0.2, 0) is 9.53 Å². The van der Waals surface area contributed by atoms with Crippen LogP contribution in [0, 0.1) is 0 Å². The van der Waals surface area contributed by atoms with Gasteiger partial charge in [0.2, 0.25) is 12.7 Å². The Kier molecular flexibility index (Phi) is 3.49. The zero-order valence-electron chi connectivity index (χ0n) is 9.86. The molecule has 0 radical (unpaired) electrons. The van der Waals surface area contributed by atoms with E-state index in [1.54, 1.807) is 0 Å². The highest BCUT2D eigenvalue weighted by Crippen LogP contribution is 2.34. The summed E-state index contributed by atoms with van der Waals surface area (Å²) >= 11 is 0. The third kappa shape index (κ3) is 2.68. The zero-order valence-corrected chi connectivity index (χ0v) is 9.86. The van der Waals surface area contributed by atoms with Crippen molar-refractivity contribution in [3.8, 4) is 11.5 Å². The lowest BCUT2D eigenvalue weighted by Gasteiger charge is -2.14. The van der Waals surface area contributed by atoms with E-state index in [1.807, 2.05) is 25.1 Å². The monoisotopic (exact) mass is 237 g/mol. The van der Waals surface area contributed by atoms with Crippen molar-refractivity contribution < 1.29 is 19.0 Å². The Hall–Kier alpha value is -1.75. The predicted molar refractivity (Wildman–Crippen MR) is 61.0 cm³/mol. The summed E-state index contributed by atoms with van der Waals surface area (Å²) in [6, 6.07) is 5.54. The number of fused-ring (bicyclic) bond motifs is 1. The molecule has 0 aromatic heterocycles. The maximum absolute atomic E-state index is 11.4. The van der Waals surface area contributed by atoms with Crippen molar-refractivity contribution in [3.63, 3.8) is 0 Å². The van der Waals surface area contributed by atoms with Gasteiger partial charge in [0.1, 0.15) is 6.61 Å². The lowest BCUT2D eigenvalue weighted by molar-refractivity contribution is -0.125. The van der Waals surface area contributed by atoms with Crippen molar-refractivity contribution in [1.29, 1.82) is 0 Å². The average Bonchev–Trinajstić information content (AvgIpc) is 2.75. The number of benzene rings is 1. The van der Waals surface area contributed by atoms with Crippen LogP contribution in [0.1, 0.15) is 18.5 Å². The Morgan fingerprint density at radius 3 is 3.00 bits per heavy atom. The van der Waals surface area contributed by atoms with Gasteiger partial charge < -0.3 is 19.5 Å². The first kappa shape index (κ1) is 11.7. The van der Waals surface area contributed by atoms with Crippen molar-refractivity contribution in [2.45, 2.75) is 13.0 Å². The predicted octanol–water partition coefficient (Wildman–Crippen LogP) is 1.24. The summed E-state index contributed by atoms with van der Waals surface area (Å²) in [5.74, 6) is 1.32. The van der Waals surface area contributed by atoms with Crippen molar-refractivity contribution in [2.24, 2.45) is 0 Å². The first-order valence-corrected chi connectivity index (χ1v) is 5.38. The molecule has 1 unspecified atom stereocenters. The zero-order chi connectivity index (χ0) is 12.3. The second-order valence-corrected chi connectivity index (χ2v) is 3.83. The standard InChI is InChI=1S/C12H15NO4/c1-8(13-12(14)6-15-2)9-3-4-10-11(5-9)17-7-16-10/h3-5,8H,6-7H2,1-2H3,(H,13,14). The molecule has 0 bridgehead atoms. The fraction of sp³-hybridized carbons (Fsp3) is 0.417. The molecule has 0 spiro atoms. The van der Waals surface area contributed by atoms with Gasteiger partial charge in [-0.3, -0.25) is 4.79 Å². The van der Waals surface area contributed by atoms with Crippen molar-refractivity contribution in [2.75, 3.05) is 20.5 Å². The minimum Gasteiger partial charge on any atom is -0.454 e. The molecule has 1 aromatic carbocycles. The SMILES string of the molecule is COCC(=O)NC(C)c1ccc2c(c1)OCO2. The topological polar surface area (TPSA) is 56.8 Å². The Morgan fingerprint density at radius 1 is 1.47 bits per heavy atom. The molecule has 1 N–H and O–H groups in total. The van der Waals surface area contributed by atoms with Crippen LogP contribution in [0.2, 0.25) is 0 Å². The molecule has 0 saturated carbocycles. The first-order chi connectivity index (χ1) is 8.20. The summed E-state index contributed by atoms with van der Waals surface area (Å²) in [4.78, 5) is 11.4. The van der Waals surface area contributed by atoms with Crippen LogP contribution in [0.5, 0.6) is 11.5 Å². The van der Waals surface area contributed by atoms with Crippen LogP contribution < -0.4 is 14.8 Å². The Bertz CT molecular complexity index is 419. The summed E-state index contributed by atoms with van der Waals surface area (Å²) in [5, 5.41) is 2.83. The Morgan fingerprint density at radius 2 is 2.24 bits per heavy atom. The lowest BCUT2D eigenvalue weighted by Crippen LogP contribution is -2.29. The number of methoxy groups -OCH3 is 1. The van der Waals surface area contributed by atoms with Crippen LogP contribution in [0.4, 0.5) is 0 Å². The smallest absolute Gasteiger partial charge is 0.246 e. The maximum atomic E-state index is 11.4. The second-order valence-electron chi connectivity index (χ2n) is 3.83. The van der Waals surface area contributed by atoms with Gasteiger partial charge in [-0.25, -0.2) is 0 Å². The van der Waals surface area contributed by atoms with E-state index in [1.165, 1.54) is 7.11 Å². The van der Waals surface area contributed by atoms with Crippen LogP contribution in [0.15, 0.2) is 18.2 Å². The van der Waals surface area contributed by atoms with Gasteiger partial charge >= 0.3 is 0 Å². The number of carbonyl (C=O) groups is 1. The molecule has 1 heterocycles. The van der Waals surface area contributed by atoms with E-state index in [-0.39, 0.29) is 25.3 Å². The highest BCUT2D eigenvalue weighted by molar-refractivity contribution is 5.77. The number of ether oxygens (including phenoxy) is 3. The van der Waals surface area contributed by atoms with Gasteiger partial charge in [0.25, 0.3) is 0 Å². The van der Waals surface area contributed by atoms with Gasteiger partial charge in [-0.05, 0) is 24.6 Å². The third-order valence-electron chi connectivity index (χ3n) is 2.55. The molecule has 17 heavy (non-hydrogen) atoms. The first-order valence-electron chi connectivity index (χ1n) is 5.38. The molecule has 1 aromatic rings. The van der Waals surface area contributed by atoms with Gasteiger partial charge in [-0.2, -0.15) is 0 Å². The van der Waals surface area contributed by atoms with Gasteiger partial charge in [-0.1, -0.05) is 6.07 Å². The highest BCUT2D eigenvalue weighted by Gasteiger charge is 2.16. The number of hydrogen-bond donors (Lipinski definition) is 1. The quantitative estimate of drug-likeness (QED) is 0.856. The van der Waals surface area contributed by atoms with E-state index in [4.69, 9.17) is 14.2 Å². The minimum atomic E-state index is -0.141. The molecule has 2 rings (SSSR count). The van der Waals surface area contributed by atoms with Crippen LogP contribution in [-0.4, -0.2) is 26.4 Å². The number of amides is 1. The fourth-order valence-corrected chi connectivity index (χ4v) is 1.68. The summed E-state index contributed by atoms with van der Waals surface area (Å²) in [6.07, 6.45) is 0. The van der Waals surface area contributed by atoms with E-state index < -0.39 is 0 Å². The summed E-state index contributed by atoms with van der Waals surface area (Å²) in [5.41, 5.74) is 0.971. The molecule has 1 atom stereocenters. The summed E-state index contributed by atoms with van der Waals surface area (Å²) < 4.78 is 15.3. The third-order valence-corrected chi connectivity index (χ3v) is 2.55. The fourth-order valence-electron chi connectivity index (χ4n) is 1.68. The molecular weight excluding hydrogens is 222 g/mol. The van der Waals surface area contributed by atoms with Crippen LogP contribution >= 0.6 is 0 Å². The van der Waals surface area contributed by atoms with Crippen molar-refractivity contribution >= 4 is 5.91 Å². The average molecular weight is 237 g/mol. The molecule has 1 aliphatic rings. The van der Waals surface area contributed by atoms with Gasteiger partial charge in [-0.15, -0.1) is 0 Å². The van der Waals surface area contributed by atoms with Crippen molar-refractivity contribution in [1.82, 2.24) is 5.32 Å². The van der Waals surface area contributed by atoms with Crippen LogP contribution in [0.25, 0.3) is 0 Å². The molecule has 5 nitrogen and oxygen atoms in total. The molecular formula is C12H15NO4. The van der Waals surface area contributed by atoms with E-state index in [0.29, 0.717) is 0 Å². The largest absolute Gasteiger partial charge is 0.454 e. The van der Waals surface area contributed by atoms with E-state index in [0.717, 1.165) is 17.1 Å². The van der Waals surface area contributed by atoms with Crippen molar-refractivity contribution in [3.05, 3.63) is 23.8 Å². The number of carbonyl (C=O) groups excluding carboxylic acids is 1. The normalized spacial score (nSPS) is 14.5. The van der Waals surface area contributed by atoms with E-state index >= 15 is 0 Å². The molecule has 0 fully saturated rings. The Balaban J connectivity index is 2.04. The molecule has 5 heteroatoms. The van der Waals surface area contributed by atoms with Gasteiger partial charge in [0.15, 0.2) is 11.5 Å². The maximum Gasteiger partial charge on any atom is 0.246 e. The molecule has 1 aliphatic heterocycles. The van der Waals surface area contributed by atoms with Gasteiger partial charge in [0, 0.05) is 7.11 Å². The number of rotatable bonds is 4. The second kappa shape index (κ2) is 5.05. The highest BCUT2D eigenvalue weighted by atomic mass is 16.7. The molecule has 92 valence electrons. The molecule has 1 amide bonds. The van der Waals surface area contributed by atoms with Gasteiger partial charge in [0.05, 0.1) is 6.04 Å². The number of nitrogens with one attached hydrogen (secondary N) is 1. The summed E-state index contributed by atoms with van der Waals surface area (Å²) in [6.45, 7) is 2.23. The number of hydrogen-bond acceptors (Lipinski definition) is 4. The minimum absolute atomic E-state index is 0.0644. The molecule has 0 saturated heterocycles. The van der Waals surface area contributed by atoms with E-state index in [9.17, 15) is 4.79 Å². The van der Waals surface area contributed by atoms with Crippen LogP contribution in [0.3, 0.4) is 0 Å². The summed E-state index contributed by atoms with van der Waals surface area (Å²) in [7, 11) is 1.49. The Labute approximate surface area is 99.7 Å². The molecule has 0 aliphatic carbocycles.